The monoisotopic (exact) mass is 282 g/mol. The molecule has 2 rings (SSSR count). The Morgan fingerprint density at radius 3 is 2.65 bits per heavy atom. The minimum absolute atomic E-state index is 0.969. The van der Waals surface area contributed by atoms with Gasteiger partial charge >= 0.3 is 0 Å². The van der Waals surface area contributed by atoms with Gasteiger partial charge in [0.05, 0.1) is 0 Å². The van der Waals surface area contributed by atoms with Crippen LogP contribution in [0.1, 0.15) is 16.7 Å². The molecule has 0 aliphatic rings. The summed E-state index contributed by atoms with van der Waals surface area (Å²) in [7, 11) is 0. The molecule has 2 nitrogen and oxygen atoms in total. The molecule has 0 saturated heterocycles. The van der Waals surface area contributed by atoms with Crippen molar-refractivity contribution in [2.24, 2.45) is 0 Å². The lowest BCUT2D eigenvalue weighted by Gasteiger charge is -2.05. The highest BCUT2D eigenvalue weighted by molar-refractivity contribution is 8.02. The van der Waals surface area contributed by atoms with E-state index in [0.717, 1.165) is 14.4 Å². The molecule has 0 amide bonds. The van der Waals surface area contributed by atoms with Gasteiger partial charge in [0.2, 0.25) is 0 Å². The topological polar surface area (TPSA) is 25.8 Å². The van der Waals surface area contributed by atoms with Gasteiger partial charge in [-0.2, -0.15) is 0 Å². The van der Waals surface area contributed by atoms with E-state index in [1.807, 2.05) is 6.26 Å². The maximum Gasteiger partial charge on any atom is 0.175 e. The summed E-state index contributed by atoms with van der Waals surface area (Å²) < 4.78 is 2.09. The first-order valence-electron chi connectivity index (χ1n) is 5.25. The van der Waals surface area contributed by atoms with Crippen molar-refractivity contribution in [3.63, 3.8) is 0 Å². The molecule has 0 spiro atoms. The summed E-state index contributed by atoms with van der Waals surface area (Å²) in [5.74, 6) is 0.969. The summed E-state index contributed by atoms with van der Waals surface area (Å²) in [6, 6.07) is 6.58. The lowest BCUT2D eigenvalue weighted by molar-refractivity contribution is 0.955. The normalized spacial score (nSPS) is 10.8. The first-order chi connectivity index (χ1) is 8.19. The van der Waals surface area contributed by atoms with Crippen LogP contribution in [0.15, 0.2) is 26.9 Å². The second-order valence-electron chi connectivity index (χ2n) is 3.76. The Hall–Kier alpha value is -0.520. The van der Waals surface area contributed by atoms with Crippen LogP contribution in [0.4, 0.5) is 0 Å². The molecule has 1 aromatic carbocycles. The van der Waals surface area contributed by atoms with E-state index in [-0.39, 0.29) is 0 Å². The van der Waals surface area contributed by atoms with Crippen LogP contribution < -0.4 is 0 Å². The van der Waals surface area contributed by atoms with Gasteiger partial charge in [-0.25, -0.2) is 0 Å². The zero-order valence-electron chi connectivity index (χ0n) is 10.1. The fraction of sp³-hybridized carbons (Fsp3) is 0.333. The highest BCUT2D eigenvalue weighted by atomic mass is 32.2. The number of benzene rings is 1. The Kier molecular flexibility index (Phi) is 4.48. The van der Waals surface area contributed by atoms with E-state index in [2.05, 4.69) is 42.2 Å². The van der Waals surface area contributed by atoms with Crippen LogP contribution >= 0.6 is 34.9 Å². The summed E-state index contributed by atoms with van der Waals surface area (Å²) in [6.45, 7) is 4.28. The quantitative estimate of drug-likeness (QED) is 0.786. The van der Waals surface area contributed by atoms with Crippen LogP contribution in [0, 0.1) is 13.8 Å². The van der Waals surface area contributed by atoms with E-state index in [1.165, 1.54) is 16.7 Å². The number of aryl methyl sites for hydroxylation is 2. The summed E-state index contributed by atoms with van der Waals surface area (Å²) in [5, 5.41) is 8.26. The van der Waals surface area contributed by atoms with E-state index in [0.29, 0.717) is 0 Å². The highest BCUT2D eigenvalue weighted by Gasteiger charge is 2.05. The Morgan fingerprint density at radius 2 is 1.94 bits per heavy atom. The Balaban J connectivity index is 2.04. The molecule has 0 unspecified atom stereocenters. The zero-order chi connectivity index (χ0) is 12.3. The fourth-order valence-corrected chi connectivity index (χ4v) is 3.93. The third-order valence-corrected chi connectivity index (χ3v) is 5.50. The SMILES string of the molecule is CSc1nnc(SCc2cc(C)ccc2C)s1. The molecule has 0 N–H and O–H groups in total. The van der Waals surface area contributed by atoms with Crippen LogP contribution in [0.2, 0.25) is 0 Å². The van der Waals surface area contributed by atoms with Crippen LogP contribution in [-0.2, 0) is 5.75 Å². The number of hydrogen-bond donors (Lipinski definition) is 0. The van der Waals surface area contributed by atoms with Crippen molar-refractivity contribution in [2.75, 3.05) is 6.26 Å². The standard InChI is InChI=1S/C12H14N2S3/c1-8-4-5-9(2)10(6-8)7-16-12-14-13-11(15-3)17-12/h4-6H,7H2,1-3H3. The molecule has 0 saturated carbocycles. The predicted molar refractivity (Wildman–Crippen MR) is 77.2 cm³/mol. The van der Waals surface area contributed by atoms with Crippen molar-refractivity contribution >= 4 is 34.9 Å². The van der Waals surface area contributed by atoms with Gasteiger partial charge in [0.25, 0.3) is 0 Å². The average Bonchev–Trinajstić information content (AvgIpc) is 2.78. The van der Waals surface area contributed by atoms with Crippen molar-refractivity contribution in [1.29, 1.82) is 0 Å². The van der Waals surface area contributed by atoms with Gasteiger partial charge in [0.15, 0.2) is 8.68 Å². The molecule has 0 radical (unpaired) electrons. The molecule has 0 aliphatic carbocycles. The summed E-state index contributed by atoms with van der Waals surface area (Å²) >= 11 is 5.08. The largest absolute Gasteiger partial charge is 0.175 e. The molecule has 1 aromatic heterocycles. The van der Waals surface area contributed by atoms with E-state index in [9.17, 15) is 0 Å². The van der Waals surface area contributed by atoms with Crippen LogP contribution in [0.3, 0.4) is 0 Å². The molecule has 0 fully saturated rings. The second kappa shape index (κ2) is 5.89. The zero-order valence-corrected chi connectivity index (χ0v) is 12.5. The van der Waals surface area contributed by atoms with Gasteiger partial charge in [-0.1, -0.05) is 58.6 Å². The number of rotatable bonds is 4. The molecule has 0 aliphatic heterocycles. The smallest absolute Gasteiger partial charge is 0.131 e. The van der Waals surface area contributed by atoms with Crippen LogP contribution in [0.5, 0.6) is 0 Å². The molecule has 1 heterocycles. The third-order valence-electron chi connectivity index (χ3n) is 2.42. The maximum absolute atomic E-state index is 4.16. The van der Waals surface area contributed by atoms with Gasteiger partial charge in [0, 0.05) is 5.75 Å². The lowest BCUT2D eigenvalue weighted by Crippen LogP contribution is -1.87. The molecule has 2 aromatic rings. The van der Waals surface area contributed by atoms with Crippen molar-refractivity contribution in [2.45, 2.75) is 28.3 Å². The van der Waals surface area contributed by atoms with E-state index < -0.39 is 0 Å². The number of thioether (sulfide) groups is 2. The van der Waals surface area contributed by atoms with E-state index in [1.54, 1.807) is 34.9 Å². The summed E-state index contributed by atoms with van der Waals surface area (Å²) in [5.41, 5.74) is 4.04. The van der Waals surface area contributed by atoms with Gasteiger partial charge in [-0.05, 0) is 31.2 Å². The van der Waals surface area contributed by atoms with E-state index in [4.69, 9.17) is 0 Å². The Bertz CT molecular complexity index is 508. The highest BCUT2D eigenvalue weighted by Crippen LogP contribution is 2.30. The summed E-state index contributed by atoms with van der Waals surface area (Å²) in [4.78, 5) is 0. The number of hydrogen-bond acceptors (Lipinski definition) is 5. The van der Waals surface area contributed by atoms with Gasteiger partial charge in [0.1, 0.15) is 0 Å². The van der Waals surface area contributed by atoms with Crippen molar-refractivity contribution in [3.8, 4) is 0 Å². The number of aromatic nitrogens is 2. The third kappa shape index (κ3) is 3.47. The first-order valence-corrected chi connectivity index (χ1v) is 8.28. The van der Waals surface area contributed by atoms with Gasteiger partial charge < -0.3 is 0 Å². The van der Waals surface area contributed by atoms with Crippen molar-refractivity contribution < 1.29 is 0 Å². The van der Waals surface area contributed by atoms with Gasteiger partial charge in [-0.15, -0.1) is 10.2 Å². The molecule has 0 bridgehead atoms. The van der Waals surface area contributed by atoms with Crippen LogP contribution in [-0.4, -0.2) is 16.5 Å². The fourth-order valence-electron chi connectivity index (χ4n) is 1.43. The average molecular weight is 282 g/mol. The molecule has 5 heteroatoms. The lowest BCUT2D eigenvalue weighted by atomic mass is 10.1. The van der Waals surface area contributed by atoms with E-state index >= 15 is 0 Å². The molecule has 90 valence electrons. The van der Waals surface area contributed by atoms with Crippen molar-refractivity contribution in [1.82, 2.24) is 10.2 Å². The predicted octanol–water partition coefficient (Wildman–Crippen LogP) is 4.17. The Morgan fingerprint density at radius 1 is 1.18 bits per heavy atom. The maximum atomic E-state index is 4.16. The Labute approximate surface area is 114 Å². The molecule has 0 atom stereocenters. The molecule has 17 heavy (non-hydrogen) atoms. The second-order valence-corrected chi connectivity index (χ2v) is 7.01. The minimum Gasteiger partial charge on any atom is -0.131 e. The molecular formula is C12H14N2S3. The number of nitrogens with zero attached hydrogens (tertiary/aromatic N) is 2. The van der Waals surface area contributed by atoms with Crippen LogP contribution in [0.25, 0.3) is 0 Å². The first kappa shape index (κ1) is 12.9. The van der Waals surface area contributed by atoms with Crippen molar-refractivity contribution in [3.05, 3.63) is 34.9 Å². The van der Waals surface area contributed by atoms with Gasteiger partial charge in [-0.3, -0.25) is 0 Å². The minimum atomic E-state index is 0.969. The molecular weight excluding hydrogens is 268 g/mol. The summed E-state index contributed by atoms with van der Waals surface area (Å²) in [6.07, 6.45) is 2.03.